The summed E-state index contributed by atoms with van der Waals surface area (Å²) >= 11 is 0. The highest BCUT2D eigenvalue weighted by atomic mass is 19.4. The number of carboxylic acid groups (broad SMARTS) is 1. The molecule has 31 heavy (non-hydrogen) atoms. The van der Waals surface area contributed by atoms with Crippen LogP contribution >= 0.6 is 0 Å². The average Bonchev–Trinajstić information content (AvgIpc) is 3.20. The number of aliphatic carboxylic acids is 1. The quantitative estimate of drug-likeness (QED) is 0.754. The van der Waals surface area contributed by atoms with Crippen molar-refractivity contribution in [1.29, 1.82) is 0 Å². The normalized spacial score (nSPS) is 26.6. The third-order valence-electron chi connectivity index (χ3n) is 6.25. The van der Waals surface area contributed by atoms with Gasteiger partial charge in [-0.05, 0) is 30.6 Å². The molecule has 8 nitrogen and oxygen atoms in total. The van der Waals surface area contributed by atoms with E-state index in [0.717, 1.165) is 63.0 Å². The van der Waals surface area contributed by atoms with Crippen LogP contribution < -0.4 is 9.64 Å². The highest BCUT2D eigenvalue weighted by Gasteiger charge is 2.41. The van der Waals surface area contributed by atoms with Crippen molar-refractivity contribution >= 4 is 11.8 Å². The summed E-state index contributed by atoms with van der Waals surface area (Å²) in [4.78, 5) is 22.6. The first kappa shape index (κ1) is 23.5. The summed E-state index contributed by atoms with van der Waals surface area (Å²) in [6, 6.07) is 1.97. The molecule has 1 aromatic heterocycles. The molecule has 4 rings (SSSR count). The number of ether oxygens (including phenoxy) is 2. The smallest absolute Gasteiger partial charge is 0.481 e. The maximum Gasteiger partial charge on any atom is 0.490 e. The molecule has 0 amide bonds. The fourth-order valence-corrected chi connectivity index (χ4v) is 4.74. The van der Waals surface area contributed by atoms with Crippen LogP contribution in [0.5, 0.6) is 5.88 Å². The number of fused-ring (bicyclic) bond motifs is 1. The fraction of sp³-hybridized carbons (Fsp3) is 0.750. The van der Waals surface area contributed by atoms with Gasteiger partial charge in [0, 0.05) is 38.8 Å². The van der Waals surface area contributed by atoms with Gasteiger partial charge in [0.05, 0.1) is 20.3 Å². The van der Waals surface area contributed by atoms with Gasteiger partial charge in [0.15, 0.2) is 0 Å². The van der Waals surface area contributed by atoms with Crippen molar-refractivity contribution in [3.63, 3.8) is 0 Å². The molecule has 11 heteroatoms. The standard InChI is InChI=1S/C18H28N4O2.C2HF3O2/c1-23-18-9-17(19-13-20-18)22-11-15-4-2-3-14(16(15)12-22)10-21-5-7-24-8-6-21;3-2(4,5)1(6)7/h9,13-16H,2-8,10-12H2,1H3;(H,6,7)/t14-,15+,16+;/m0./s1. The predicted molar refractivity (Wildman–Crippen MR) is 106 cm³/mol. The first-order chi connectivity index (χ1) is 14.8. The Kier molecular flexibility index (Phi) is 7.93. The van der Waals surface area contributed by atoms with Crippen LogP contribution in [0, 0.1) is 17.8 Å². The highest BCUT2D eigenvalue weighted by Crippen LogP contribution is 2.41. The van der Waals surface area contributed by atoms with Crippen LogP contribution in [0.15, 0.2) is 12.4 Å². The number of nitrogens with zero attached hydrogens (tertiary/aromatic N) is 4. The van der Waals surface area contributed by atoms with E-state index < -0.39 is 12.1 Å². The summed E-state index contributed by atoms with van der Waals surface area (Å²) < 4.78 is 42.5. The van der Waals surface area contributed by atoms with Crippen LogP contribution in [0.2, 0.25) is 0 Å². The molecule has 0 spiro atoms. The van der Waals surface area contributed by atoms with Crippen LogP contribution in [0.3, 0.4) is 0 Å². The second-order valence-electron chi connectivity index (χ2n) is 8.15. The SMILES string of the molecule is COc1cc(N2C[C@H]3CCC[C@@H](CN4CCOCC4)[C@H]3C2)ncn1.O=C(O)C(F)(F)F. The summed E-state index contributed by atoms with van der Waals surface area (Å²) in [6.45, 7) is 7.48. The van der Waals surface area contributed by atoms with Crippen molar-refractivity contribution in [2.45, 2.75) is 25.4 Å². The topological polar surface area (TPSA) is 88.0 Å². The molecule has 2 aliphatic heterocycles. The number of carbonyl (C=O) groups is 1. The molecule has 1 aromatic rings. The third kappa shape index (κ3) is 6.42. The Bertz CT molecular complexity index is 731. The lowest BCUT2D eigenvalue weighted by Gasteiger charge is -2.37. The minimum atomic E-state index is -5.08. The maximum absolute atomic E-state index is 10.6. The van der Waals surface area contributed by atoms with Gasteiger partial charge in [-0.3, -0.25) is 4.90 Å². The van der Waals surface area contributed by atoms with E-state index in [0.29, 0.717) is 5.88 Å². The molecule has 0 radical (unpaired) electrons. The van der Waals surface area contributed by atoms with Gasteiger partial charge in [0.1, 0.15) is 12.1 Å². The van der Waals surface area contributed by atoms with Crippen molar-refractivity contribution in [1.82, 2.24) is 14.9 Å². The van der Waals surface area contributed by atoms with Gasteiger partial charge in [0.25, 0.3) is 0 Å². The van der Waals surface area contributed by atoms with Crippen LogP contribution in [0.4, 0.5) is 19.0 Å². The Morgan fingerprint density at radius 3 is 2.61 bits per heavy atom. The largest absolute Gasteiger partial charge is 0.490 e. The van der Waals surface area contributed by atoms with Crippen molar-refractivity contribution < 1.29 is 32.5 Å². The maximum atomic E-state index is 10.6. The Morgan fingerprint density at radius 2 is 1.97 bits per heavy atom. The summed E-state index contributed by atoms with van der Waals surface area (Å²) in [7, 11) is 1.66. The number of halogens is 3. The second kappa shape index (κ2) is 10.4. The minimum absolute atomic E-state index is 0.653. The third-order valence-corrected chi connectivity index (χ3v) is 6.25. The van der Waals surface area contributed by atoms with Gasteiger partial charge < -0.3 is 19.5 Å². The predicted octanol–water partition coefficient (Wildman–Crippen LogP) is 2.30. The monoisotopic (exact) mass is 446 g/mol. The molecule has 3 aliphatic rings. The van der Waals surface area contributed by atoms with Gasteiger partial charge in [-0.1, -0.05) is 6.42 Å². The average molecular weight is 446 g/mol. The molecule has 3 heterocycles. The molecule has 0 unspecified atom stereocenters. The molecule has 1 saturated carbocycles. The number of hydrogen-bond acceptors (Lipinski definition) is 7. The van der Waals surface area contributed by atoms with E-state index in [1.54, 1.807) is 13.4 Å². The molecule has 0 bridgehead atoms. The number of carboxylic acids is 1. The lowest BCUT2D eigenvalue weighted by molar-refractivity contribution is -0.192. The molecular weight excluding hydrogens is 417 g/mol. The summed E-state index contributed by atoms with van der Waals surface area (Å²) in [5.41, 5.74) is 0. The molecule has 0 aromatic carbocycles. The molecule has 174 valence electrons. The van der Waals surface area contributed by atoms with E-state index in [1.807, 2.05) is 6.07 Å². The van der Waals surface area contributed by atoms with Gasteiger partial charge in [-0.25, -0.2) is 14.8 Å². The fourth-order valence-electron chi connectivity index (χ4n) is 4.74. The second-order valence-corrected chi connectivity index (χ2v) is 8.15. The van der Waals surface area contributed by atoms with E-state index in [2.05, 4.69) is 19.8 Å². The molecule has 3 fully saturated rings. The van der Waals surface area contributed by atoms with Crippen molar-refractivity contribution in [2.75, 3.05) is 57.9 Å². The Morgan fingerprint density at radius 1 is 1.26 bits per heavy atom. The molecule has 3 atom stereocenters. The zero-order valence-corrected chi connectivity index (χ0v) is 17.6. The molecule has 2 saturated heterocycles. The summed E-state index contributed by atoms with van der Waals surface area (Å²) in [6.07, 6.45) is 0.640. The molecular formula is C20H29F3N4O4. The minimum Gasteiger partial charge on any atom is -0.481 e. The van der Waals surface area contributed by atoms with Gasteiger partial charge in [-0.15, -0.1) is 0 Å². The highest BCUT2D eigenvalue weighted by molar-refractivity contribution is 5.73. The molecule has 1 N–H and O–H groups in total. The van der Waals surface area contributed by atoms with Crippen LogP contribution in [0.25, 0.3) is 0 Å². The zero-order valence-electron chi connectivity index (χ0n) is 17.6. The number of aromatic nitrogens is 2. The van der Waals surface area contributed by atoms with Gasteiger partial charge in [0.2, 0.25) is 5.88 Å². The number of rotatable bonds is 4. The summed E-state index contributed by atoms with van der Waals surface area (Å²) in [5, 5.41) is 7.12. The van der Waals surface area contributed by atoms with Crippen molar-refractivity contribution in [2.24, 2.45) is 17.8 Å². The van der Waals surface area contributed by atoms with E-state index in [-0.39, 0.29) is 0 Å². The summed E-state index contributed by atoms with van der Waals surface area (Å²) in [5.74, 6) is 1.33. The first-order valence-corrected chi connectivity index (χ1v) is 10.5. The van der Waals surface area contributed by atoms with Crippen LogP contribution in [0.1, 0.15) is 19.3 Å². The molecule has 1 aliphatic carbocycles. The van der Waals surface area contributed by atoms with Crippen molar-refractivity contribution in [3.8, 4) is 5.88 Å². The van der Waals surface area contributed by atoms with Crippen LogP contribution in [-0.2, 0) is 9.53 Å². The first-order valence-electron chi connectivity index (χ1n) is 10.5. The Hall–Kier alpha value is -2.14. The van der Waals surface area contributed by atoms with E-state index in [1.165, 1.54) is 25.8 Å². The van der Waals surface area contributed by atoms with Gasteiger partial charge >= 0.3 is 12.1 Å². The number of methoxy groups -OCH3 is 1. The number of alkyl halides is 3. The van der Waals surface area contributed by atoms with Crippen LogP contribution in [-0.4, -0.2) is 85.2 Å². The lowest BCUT2D eigenvalue weighted by Crippen LogP contribution is -2.43. The Balaban J connectivity index is 0.000000339. The van der Waals surface area contributed by atoms with E-state index in [4.69, 9.17) is 19.4 Å². The Labute approximate surface area is 179 Å². The van der Waals surface area contributed by atoms with Crippen molar-refractivity contribution in [3.05, 3.63) is 12.4 Å². The lowest BCUT2D eigenvalue weighted by atomic mass is 9.73. The number of morpholine rings is 1. The van der Waals surface area contributed by atoms with E-state index in [9.17, 15) is 13.2 Å². The zero-order chi connectivity index (χ0) is 22.4. The van der Waals surface area contributed by atoms with E-state index >= 15 is 0 Å². The number of anilines is 1. The van der Waals surface area contributed by atoms with Gasteiger partial charge in [-0.2, -0.15) is 13.2 Å². The number of hydrogen-bond donors (Lipinski definition) is 1.